The quantitative estimate of drug-likeness (QED) is 0.387. The molecule has 1 heterocycles. The second-order valence-corrected chi connectivity index (χ2v) is 6.13. The number of aromatic nitrogens is 3. The van der Waals surface area contributed by atoms with Crippen LogP contribution in [0.25, 0.3) is 0 Å². The lowest BCUT2D eigenvalue weighted by molar-refractivity contribution is 0.146. The molecule has 0 spiro atoms. The Morgan fingerprint density at radius 3 is 2.96 bits per heavy atom. The van der Waals surface area contributed by atoms with E-state index in [0.29, 0.717) is 6.04 Å². The molecule has 1 aliphatic rings. The van der Waals surface area contributed by atoms with Crippen molar-refractivity contribution >= 4 is 5.96 Å². The van der Waals surface area contributed by atoms with Crippen LogP contribution in [0, 0.1) is 0 Å². The summed E-state index contributed by atoms with van der Waals surface area (Å²) in [6.07, 6.45) is 8.77. The highest BCUT2D eigenvalue weighted by Crippen LogP contribution is 2.17. The minimum Gasteiger partial charge on any atom is -0.382 e. The van der Waals surface area contributed by atoms with Crippen molar-refractivity contribution in [1.82, 2.24) is 25.4 Å². The molecule has 1 aromatic rings. The topological polar surface area (TPSA) is 76.4 Å². The molecular formula is C17H32N6O. The normalized spacial score (nSPS) is 15.8. The van der Waals surface area contributed by atoms with E-state index in [0.717, 1.165) is 57.5 Å². The number of hydrogen-bond donors (Lipinski definition) is 2. The minimum atomic E-state index is 0.559. The van der Waals surface area contributed by atoms with Gasteiger partial charge in [-0.3, -0.25) is 4.99 Å². The van der Waals surface area contributed by atoms with Crippen LogP contribution in [0.2, 0.25) is 0 Å². The molecule has 1 saturated carbocycles. The zero-order chi connectivity index (χ0) is 17.0. The molecule has 24 heavy (non-hydrogen) atoms. The largest absolute Gasteiger partial charge is 0.382 e. The van der Waals surface area contributed by atoms with Gasteiger partial charge in [-0.2, -0.15) is 0 Å². The Labute approximate surface area is 145 Å². The third-order valence-corrected chi connectivity index (χ3v) is 4.27. The van der Waals surface area contributed by atoms with E-state index < -0.39 is 0 Å². The number of aliphatic imine (C=N–C) groups is 1. The second-order valence-electron chi connectivity index (χ2n) is 6.13. The van der Waals surface area contributed by atoms with E-state index in [1.165, 1.54) is 25.7 Å². The summed E-state index contributed by atoms with van der Waals surface area (Å²) in [7, 11) is 0. The van der Waals surface area contributed by atoms with Crippen molar-refractivity contribution in [2.75, 3.05) is 26.3 Å². The number of rotatable bonds is 10. The van der Waals surface area contributed by atoms with Gasteiger partial charge in [0.1, 0.15) is 12.2 Å². The standard InChI is InChI=1S/C17H32N6O/c1-3-16-22-20-14-23(16)12-11-19-17(18-10-7-13-24-4-2)21-15-8-5-6-9-15/h14-15H,3-13H2,1-2H3,(H2,18,19,21). The van der Waals surface area contributed by atoms with E-state index in [1.54, 1.807) is 6.33 Å². The van der Waals surface area contributed by atoms with Gasteiger partial charge in [0.2, 0.25) is 0 Å². The average molecular weight is 336 g/mol. The van der Waals surface area contributed by atoms with Gasteiger partial charge in [-0.1, -0.05) is 19.8 Å². The highest BCUT2D eigenvalue weighted by Gasteiger charge is 2.16. The smallest absolute Gasteiger partial charge is 0.191 e. The molecule has 0 unspecified atom stereocenters. The predicted molar refractivity (Wildman–Crippen MR) is 96.2 cm³/mol. The first-order valence-corrected chi connectivity index (χ1v) is 9.32. The summed E-state index contributed by atoms with van der Waals surface area (Å²) >= 11 is 0. The van der Waals surface area contributed by atoms with E-state index >= 15 is 0 Å². The number of aryl methyl sites for hydroxylation is 1. The summed E-state index contributed by atoms with van der Waals surface area (Å²) in [4.78, 5) is 4.69. The molecule has 1 fully saturated rings. The number of hydrogen-bond acceptors (Lipinski definition) is 4. The highest BCUT2D eigenvalue weighted by atomic mass is 16.5. The molecule has 2 rings (SSSR count). The number of nitrogens with one attached hydrogen (secondary N) is 2. The molecule has 7 heteroatoms. The molecule has 2 N–H and O–H groups in total. The van der Waals surface area contributed by atoms with Crippen molar-refractivity contribution in [3.05, 3.63) is 12.2 Å². The fourth-order valence-corrected chi connectivity index (χ4v) is 2.95. The molecule has 0 amide bonds. The monoisotopic (exact) mass is 336 g/mol. The molecule has 7 nitrogen and oxygen atoms in total. The van der Waals surface area contributed by atoms with Gasteiger partial charge in [0, 0.05) is 45.3 Å². The Hall–Kier alpha value is -1.63. The SMILES string of the molecule is CCOCCCN=C(NCCn1cnnc1CC)NC1CCCC1. The Balaban J connectivity index is 1.78. The third kappa shape index (κ3) is 6.47. The third-order valence-electron chi connectivity index (χ3n) is 4.27. The zero-order valence-electron chi connectivity index (χ0n) is 15.1. The van der Waals surface area contributed by atoms with Gasteiger partial charge in [0.05, 0.1) is 0 Å². The van der Waals surface area contributed by atoms with Crippen molar-refractivity contribution in [3.8, 4) is 0 Å². The molecule has 1 aromatic heterocycles. The van der Waals surface area contributed by atoms with Gasteiger partial charge >= 0.3 is 0 Å². The van der Waals surface area contributed by atoms with Gasteiger partial charge in [-0.25, -0.2) is 0 Å². The second kappa shape index (κ2) is 11.0. The Kier molecular flexibility index (Phi) is 8.59. The first-order valence-electron chi connectivity index (χ1n) is 9.32. The number of ether oxygens (including phenoxy) is 1. The van der Waals surface area contributed by atoms with Crippen LogP contribution in [0.15, 0.2) is 11.3 Å². The lowest BCUT2D eigenvalue weighted by Crippen LogP contribution is -2.43. The lowest BCUT2D eigenvalue weighted by Gasteiger charge is -2.17. The highest BCUT2D eigenvalue weighted by molar-refractivity contribution is 5.80. The summed E-state index contributed by atoms with van der Waals surface area (Å²) in [5.41, 5.74) is 0. The molecule has 0 radical (unpaired) electrons. The van der Waals surface area contributed by atoms with E-state index in [-0.39, 0.29) is 0 Å². The van der Waals surface area contributed by atoms with Crippen LogP contribution in [-0.4, -0.2) is 53.1 Å². The van der Waals surface area contributed by atoms with Crippen LogP contribution in [0.1, 0.15) is 51.8 Å². The fourth-order valence-electron chi connectivity index (χ4n) is 2.95. The molecule has 0 bridgehead atoms. The Morgan fingerprint density at radius 2 is 2.21 bits per heavy atom. The molecule has 1 aliphatic carbocycles. The van der Waals surface area contributed by atoms with E-state index in [9.17, 15) is 0 Å². The summed E-state index contributed by atoms with van der Waals surface area (Å²) in [6, 6.07) is 0.559. The molecule has 0 aromatic carbocycles. The van der Waals surface area contributed by atoms with Crippen LogP contribution in [0.4, 0.5) is 0 Å². The molecule has 0 aliphatic heterocycles. The van der Waals surface area contributed by atoms with Crippen LogP contribution in [0.5, 0.6) is 0 Å². The van der Waals surface area contributed by atoms with Gasteiger partial charge in [0.15, 0.2) is 5.96 Å². The number of nitrogens with zero attached hydrogens (tertiary/aromatic N) is 4. The Morgan fingerprint density at radius 1 is 1.38 bits per heavy atom. The summed E-state index contributed by atoms with van der Waals surface area (Å²) in [5.74, 6) is 1.94. The van der Waals surface area contributed by atoms with Crippen LogP contribution >= 0.6 is 0 Å². The Bertz CT molecular complexity index is 481. The van der Waals surface area contributed by atoms with Crippen molar-refractivity contribution in [3.63, 3.8) is 0 Å². The van der Waals surface area contributed by atoms with Crippen LogP contribution in [-0.2, 0) is 17.7 Å². The predicted octanol–water partition coefficient (Wildman–Crippen LogP) is 1.74. The summed E-state index contributed by atoms with van der Waals surface area (Å²) < 4.78 is 7.47. The minimum absolute atomic E-state index is 0.559. The van der Waals surface area contributed by atoms with Crippen molar-refractivity contribution in [1.29, 1.82) is 0 Å². The number of guanidine groups is 1. The van der Waals surface area contributed by atoms with E-state index in [4.69, 9.17) is 9.73 Å². The summed E-state index contributed by atoms with van der Waals surface area (Å²) in [6.45, 7) is 8.11. The van der Waals surface area contributed by atoms with Crippen molar-refractivity contribution in [2.45, 2.75) is 65.0 Å². The maximum Gasteiger partial charge on any atom is 0.191 e. The fraction of sp³-hybridized carbons (Fsp3) is 0.824. The van der Waals surface area contributed by atoms with Gasteiger partial charge in [-0.05, 0) is 26.2 Å². The van der Waals surface area contributed by atoms with Crippen molar-refractivity contribution in [2.24, 2.45) is 4.99 Å². The first kappa shape index (κ1) is 18.7. The molecule has 0 saturated heterocycles. The average Bonchev–Trinajstić information content (AvgIpc) is 3.25. The van der Waals surface area contributed by atoms with E-state index in [1.807, 2.05) is 6.92 Å². The lowest BCUT2D eigenvalue weighted by atomic mass is 10.2. The van der Waals surface area contributed by atoms with Crippen molar-refractivity contribution < 1.29 is 4.74 Å². The molecule has 136 valence electrons. The van der Waals surface area contributed by atoms with Gasteiger partial charge in [-0.15, -0.1) is 10.2 Å². The summed E-state index contributed by atoms with van der Waals surface area (Å²) in [5, 5.41) is 15.1. The first-order chi connectivity index (χ1) is 11.8. The molecular weight excluding hydrogens is 304 g/mol. The zero-order valence-corrected chi connectivity index (χ0v) is 15.1. The van der Waals surface area contributed by atoms with E-state index in [2.05, 4.69) is 32.3 Å². The van der Waals surface area contributed by atoms with Gasteiger partial charge < -0.3 is 19.9 Å². The van der Waals surface area contributed by atoms with Crippen LogP contribution < -0.4 is 10.6 Å². The maximum atomic E-state index is 5.38. The molecule has 0 atom stereocenters. The van der Waals surface area contributed by atoms with Crippen LogP contribution in [0.3, 0.4) is 0 Å². The maximum absolute atomic E-state index is 5.38. The van der Waals surface area contributed by atoms with Gasteiger partial charge in [0.25, 0.3) is 0 Å².